The van der Waals surface area contributed by atoms with Gasteiger partial charge >= 0.3 is 0 Å². The first-order chi connectivity index (χ1) is 15.8. The molecule has 0 fully saturated rings. The van der Waals surface area contributed by atoms with Crippen molar-refractivity contribution in [3.63, 3.8) is 0 Å². The number of carbonyl (C=O) groups is 3. The number of nitrogens with two attached hydrogens (primary N) is 1. The molecule has 182 valence electrons. The van der Waals surface area contributed by atoms with Gasteiger partial charge in [-0.05, 0) is 42.9 Å². The molecule has 3 atom stereocenters. The van der Waals surface area contributed by atoms with Crippen LogP contribution in [0.4, 0.5) is 0 Å². The SMILES string of the molecule is CCCCCc1ccc(O)c2c1C[C@]1(C)C[C@]3(C)CC(O)=C(C(N)=O)C(=O)[C@]3(O)C(O)=C1C2=O. The number of fused-ring (bicyclic) bond motifs is 3. The van der Waals surface area contributed by atoms with Gasteiger partial charge in [0, 0.05) is 22.8 Å². The summed E-state index contributed by atoms with van der Waals surface area (Å²) in [6.45, 7) is 5.42. The fraction of sp³-hybridized carbons (Fsp3) is 0.500. The monoisotopic (exact) mass is 469 g/mol. The Kier molecular flexibility index (Phi) is 5.44. The molecule has 1 aromatic carbocycles. The van der Waals surface area contributed by atoms with Crippen LogP contribution in [0.5, 0.6) is 5.75 Å². The van der Waals surface area contributed by atoms with E-state index in [0.717, 1.165) is 31.2 Å². The number of phenolic OH excluding ortho intramolecular Hbond substituents is 1. The molecule has 0 spiro atoms. The molecule has 1 aromatic rings. The van der Waals surface area contributed by atoms with Gasteiger partial charge < -0.3 is 26.2 Å². The third-order valence-corrected chi connectivity index (χ3v) is 7.94. The predicted molar refractivity (Wildman–Crippen MR) is 123 cm³/mol. The van der Waals surface area contributed by atoms with Gasteiger partial charge in [-0.1, -0.05) is 39.7 Å². The third-order valence-electron chi connectivity index (χ3n) is 7.94. The first kappa shape index (κ1) is 24.0. The summed E-state index contributed by atoms with van der Waals surface area (Å²) in [7, 11) is 0. The summed E-state index contributed by atoms with van der Waals surface area (Å²) < 4.78 is 0. The Morgan fingerprint density at radius 1 is 1.09 bits per heavy atom. The highest BCUT2D eigenvalue weighted by atomic mass is 16.3. The van der Waals surface area contributed by atoms with Gasteiger partial charge in [0.25, 0.3) is 5.91 Å². The number of Topliss-reactive ketones (excluding diaryl/α,β-unsaturated/α-hetero) is 2. The van der Waals surface area contributed by atoms with Crippen molar-refractivity contribution in [1.29, 1.82) is 0 Å². The zero-order valence-electron chi connectivity index (χ0n) is 19.7. The first-order valence-corrected chi connectivity index (χ1v) is 11.6. The molecule has 8 nitrogen and oxygen atoms in total. The summed E-state index contributed by atoms with van der Waals surface area (Å²) >= 11 is 0. The Morgan fingerprint density at radius 3 is 2.38 bits per heavy atom. The largest absolute Gasteiger partial charge is 0.511 e. The van der Waals surface area contributed by atoms with Gasteiger partial charge in [-0.15, -0.1) is 0 Å². The number of aryl methyl sites for hydroxylation is 1. The van der Waals surface area contributed by atoms with Gasteiger partial charge in [-0.3, -0.25) is 14.4 Å². The van der Waals surface area contributed by atoms with E-state index in [1.807, 2.05) is 6.07 Å². The number of rotatable bonds is 5. The normalized spacial score (nSPS) is 30.7. The van der Waals surface area contributed by atoms with Crippen LogP contribution in [0.1, 0.15) is 74.4 Å². The van der Waals surface area contributed by atoms with E-state index in [2.05, 4.69) is 6.92 Å². The summed E-state index contributed by atoms with van der Waals surface area (Å²) in [5, 5.41) is 43.9. The van der Waals surface area contributed by atoms with Crippen molar-refractivity contribution >= 4 is 17.5 Å². The molecule has 0 saturated carbocycles. The number of aliphatic hydroxyl groups is 3. The molecule has 0 aliphatic heterocycles. The van der Waals surface area contributed by atoms with Gasteiger partial charge in [0.05, 0.1) is 5.56 Å². The Hall–Kier alpha value is -3.13. The average molecular weight is 470 g/mol. The van der Waals surface area contributed by atoms with E-state index >= 15 is 0 Å². The van der Waals surface area contributed by atoms with E-state index in [0.29, 0.717) is 12.0 Å². The van der Waals surface area contributed by atoms with Gasteiger partial charge in [-0.2, -0.15) is 0 Å². The molecule has 3 aliphatic rings. The molecule has 0 unspecified atom stereocenters. The van der Waals surface area contributed by atoms with Gasteiger partial charge in [0.15, 0.2) is 11.4 Å². The minimum absolute atomic E-state index is 0.0667. The number of aliphatic hydroxyl groups excluding tert-OH is 2. The summed E-state index contributed by atoms with van der Waals surface area (Å²) in [6, 6.07) is 3.27. The van der Waals surface area contributed by atoms with Crippen molar-refractivity contribution in [2.75, 3.05) is 0 Å². The van der Waals surface area contributed by atoms with E-state index in [1.165, 1.54) is 6.07 Å². The number of benzene rings is 1. The number of aromatic hydroxyl groups is 1. The smallest absolute Gasteiger partial charge is 0.255 e. The first-order valence-electron chi connectivity index (χ1n) is 11.6. The molecular formula is C26H31NO7. The molecule has 0 bridgehead atoms. The highest BCUT2D eigenvalue weighted by Crippen LogP contribution is 2.62. The van der Waals surface area contributed by atoms with Gasteiger partial charge in [0.2, 0.25) is 5.78 Å². The lowest BCUT2D eigenvalue weighted by Crippen LogP contribution is -2.64. The lowest BCUT2D eigenvalue weighted by molar-refractivity contribution is -0.159. The highest BCUT2D eigenvalue weighted by molar-refractivity contribution is 6.25. The van der Waals surface area contributed by atoms with Crippen molar-refractivity contribution < 1.29 is 34.8 Å². The van der Waals surface area contributed by atoms with Crippen LogP contribution < -0.4 is 5.73 Å². The van der Waals surface area contributed by atoms with Crippen molar-refractivity contribution in [3.8, 4) is 5.75 Å². The van der Waals surface area contributed by atoms with Gasteiger partial charge in [0.1, 0.15) is 22.8 Å². The summed E-state index contributed by atoms with van der Waals surface area (Å²) in [5.41, 5.74) is 1.06. The summed E-state index contributed by atoms with van der Waals surface area (Å²) in [6.07, 6.45) is 3.82. The Balaban J connectivity index is 1.93. The Labute approximate surface area is 197 Å². The number of carbonyl (C=O) groups excluding carboxylic acids is 3. The van der Waals surface area contributed by atoms with Crippen LogP contribution in [0, 0.1) is 10.8 Å². The maximum absolute atomic E-state index is 13.7. The number of ketones is 2. The Morgan fingerprint density at radius 2 is 1.76 bits per heavy atom. The van der Waals surface area contributed by atoms with E-state index in [9.17, 15) is 34.8 Å². The number of unbranched alkanes of at least 4 members (excludes halogenated alkanes) is 2. The molecule has 1 amide bonds. The molecule has 0 saturated heterocycles. The van der Waals surface area contributed by atoms with Crippen LogP contribution in [-0.4, -0.2) is 43.5 Å². The maximum Gasteiger partial charge on any atom is 0.255 e. The van der Waals surface area contributed by atoms with E-state index in [4.69, 9.17) is 5.73 Å². The number of hydrogen-bond donors (Lipinski definition) is 5. The fourth-order valence-electron chi connectivity index (χ4n) is 6.41. The molecule has 4 rings (SSSR count). The number of allylic oxidation sites excluding steroid dienone is 2. The lowest BCUT2D eigenvalue weighted by atomic mass is 9.48. The van der Waals surface area contributed by atoms with Crippen LogP contribution in [0.2, 0.25) is 0 Å². The molecule has 8 heteroatoms. The van der Waals surface area contributed by atoms with Crippen molar-refractivity contribution in [1.82, 2.24) is 0 Å². The lowest BCUT2D eigenvalue weighted by Gasteiger charge is -2.55. The minimum Gasteiger partial charge on any atom is -0.511 e. The van der Waals surface area contributed by atoms with Crippen LogP contribution in [0.25, 0.3) is 0 Å². The van der Waals surface area contributed by atoms with Crippen LogP contribution >= 0.6 is 0 Å². The molecule has 0 heterocycles. The quantitative estimate of drug-likeness (QED) is 0.327. The maximum atomic E-state index is 13.7. The van der Waals surface area contributed by atoms with Crippen LogP contribution in [-0.2, 0) is 22.4 Å². The van der Waals surface area contributed by atoms with Crippen molar-refractivity contribution in [2.45, 2.75) is 71.3 Å². The third kappa shape index (κ3) is 3.04. The zero-order valence-corrected chi connectivity index (χ0v) is 19.7. The molecular weight excluding hydrogens is 438 g/mol. The second-order valence-corrected chi connectivity index (χ2v) is 10.5. The number of phenols is 1. The molecule has 6 N–H and O–H groups in total. The number of amides is 1. The average Bonchev–Trinajstić information content (AvgIpc) is 2.72. The van der Waals surface area contributed by atoms with Gasteiger partial charge in [-0.25, -0.2) is 0 Å². The standard InChI is InChI=1S/C26H31NO7/c1-4-5-6-7-13-8-9-15(28)17-14(13)10-24(2)12-25(3)11-16(29)18(23(27)33)21(31)26(25,34)22(32)19(24)20(17)30/h8-9,28-29,32,34H,4-7,10-12H2,1-3H3,(H2,27,33)/t24-,25+,26+/m1/s1. The van der Waals surface area contributed by atoms with E-state index < -0.39 is 51.0 Å². The predicted octanol–water partition coefficient (Wildman–Crippen LogP) is 3.09. The molecule has 34 heavy (non-hydrogen) atoms. The number of hydrogen-bond acceptors (Lipinski definition) is 7. The van der Waals surface area contributed by atoms with Crippen LogP contribution in [0.3, 0.4) is 0 Å². The zero-order chi connectivity index (χ0) is 25.2. The second kappa shape index (κ2) is 7.70. The topological polar surface area (TPSA) is 158 Å². The van der Waals surface area contributed by atoms with Crippen molar-refractivity contribution in [2.24, 2.45) is 16.6 Å². The summed E-state index contributed by atoms with van der Waals surface area (Å²) in [4.78, 5) is 38.8. The summed E-state index contributed by atoms with van der Waals surface area (Å²) in [5.74, 6) is -4.71. The Bertz CT molecular complexity index is 1200. The second-order valence-electron chi connectivity index (χ2n) is 10.5. The molecule has 3 aliphatic carbocycles. The molecule has 0 radical (unpaired) electrons. The van der Waals surface area contributed by atoms with Crippen molar-refractivity contribution in [3.05, 3.63) is 51.5 Å². The minimum atomic E-state index is -2.61. The van der Waals surface area contributed by atoms with E-state index in [-0.39, 0.29) is 29.7 Å². The van der Waals surface area contributed by atoms with Crippen LogP contribution in [0.15, 0.2) is 34.8 Å². The highest BCUT2D eigenvalue weighted by Gasteiger charge is 2.67. The fourth-order valence-corrected chi connectivity index (χ4v) is 6.41. The molecule has 0 aromatic heterocycles. The van der Waals surface area contributed by atoms with E-state index in [1.54, 1.807) is 13.8 Å². The number of primary amides is 1.